The number of hydrogen-bond acceptors (Lipinski definition) is 5. The molecule has 4 nitrogen and oxygen atoms in total. The molecule has 0 atom stereocenters. The van der Waals surface area contributed by atoms with Crippen LogP contribution in [-0.4, -0.2) is 15.9 Å². The summed E-state index contributed by atoms with van der Waals surface area (Å²) >= 11 is 8.94. The van der Waals surface area contributed by atoms with E-state index in [0.717, 1.165) is 10.6 Å². The van der Waals surface area contributed by atoms with E-state index >= 15 is 0 Å². The van der Waals surface area contributed by atoms with Crippen LogP contribution in [0, 0.1) is 6.92 Å². The Morgan fingerprint density at radius 1 is 0.969 bits per heavy atom. The van der Waals surface area contributed by atoms with Crippen molar-refractivity contribution in [2.24, 2.45) is 0 Å². The number of halogens is 1. The predicted molar refractivity (Wildman–Crippen MR) is 133 cm³/mol. The zero-order valence-electron chi connectivity index (χ0n) is 17.3. The number of nitrogens with one attached hydrogen (secondary N) is 1. The fraction of sp³-hybridized carbons (Fsp3) is 0.0800. The van der Waals surface area contributed by atoms with Crippen molar-refractivity contribution in [3.8, 4) is 0 Å². The van der Waals surface area contributed by atoms with Crippen LogP contribution in [0.15, 0.2) is 100 Å². The highest BCUT2D eigenvalue weighted by Gasteiger charge is 2.17. The first kappa shape index (κ1) is 22.4. The molecule has 0 aliphatic heterocycles. The van der Waals surface area contributed by atoms with Gasteiger partial charge in [0.2, 0.25) is 0 Å². The van der Waals surface area contributed by atoms with Crippen LogP contribution in [0.25, 0.3) is 0 Å². The third-order valence-electron chi connectivity index (χ3n) is 4.51. The largest absolute Gasteiger partial charge is 0.321 e. The monoisotopic (exact) mass is 477 g/mol. The average molecular weight is 478 g/mol. The Labute approximate surface area is 200 Å². The van der Waals surface area contributed by atoms with Crippen molar-refractivity contribution in [3.05, 3.63) is 107 Å². The van der Waals surface area contributed by atoms with Gasteiger partial charge >= 0.3 is 0 Å². The van der Waals surface area contributed by atoms with Crippen molar-refractivity contribution in [3.63, 3.8) is 0 Å². The molecular weight excluding hydrogens is 458 g/mol. The molecule has 0 saturated heterocycles. The Bertz CT molecular complexity index is 1200. The highest BCUT2D eigenvalue weighted by atomic mass is 35.5. The van der Waals surface area contributed by atoms with Gasteiger partial charge in [0.25, 0.3) is 5.91 Å². The number of para-hydroxylation sites is 1. The fourth-order valence-corrected chi connectivity index (χ4v) is 4.60. The van der Waals surface area contributed by atoms with E-state index in [1.807, 2.05) is 54.6 Å². The summed E-state index contributed by atoms with van der Waals surface area (Å²) in [5, 5.41) is 4.15. The number of nitrogens with zero attached hydrogens (tertiary/aromatic N) is 2. The third kappa shape index (κ3) is 6.13. The molecule has 0 aliphatic rings. The highest BCUT2D eigenvalue weighted by molar-refractivity contribution is 7.99. The van der Waals surface area contributed by atoms with Crippen LogP contribution in [0.2, 0.25) is 5.02 Å². The quantitative estimate of drug-likeness (QED) is 0.226. The lowest BCUT2D eigenvalue weighted by atomic mass is 10.2. The van der Waals surface area contributed by atoms with Crippen LogP contribution in [-0.2, 0) is 5.75 Å². The SMILES string of the molecule is Cc1ccc(CSc2ncc(Sc3ccc(Cl)cc3)c(C(=O)Nc3ccccc3)n2)cc1. The number of aromatic nitrogens is 2. The molecule has 4 aromatic rings. The Morgan fingerprint density at radius 2 is 1.69 bits per heavy atom. The number of amides is 1. The molecule has 0 saturated carbocycles. The van der Waals surface area contributed by atoms with E-state index in [-0.39, 0.29) is 5.91 Å². The summed E-state index contributed by atoms with van der Waals surface area (Å²) in [6.45, 7) is 2.06. The number of carbonyl (C=O) groups is 1. The van der Waals surface area contributed by atoms with E-state index in [4.69, 9.17) is 11.6 Å². The zero-order chi connectivity index (χ0) is 22.3. The first-order valence-electron chi connectivity index (χ1n) is 9.92. The van der Waals surface area contributed by atoms with Crippen molar-refractivity contribution < 1.29 is 4.79 Å². The van der Waals surface area contributed by atoms with Crippen LogP contribution in [0.3, 0.4) is 0 Å². The lowest BCUT2D eigenvalue weighted by Gasteiger charge is -2.11. The minimum atomic E-state index is -0.271. The molecule has 32 heavy (non-hydrogen) atoms. The van der Waals surface area contributed by atoms with Crippen molar-refractivity contribution in [2.75, 3.05) is 5.32 Å². The molecule has 0 spiro atoms. The summed E-state index contributed by atoms with van der Waals surface area (Å²) in [7, 11) is 0. The van der Waals surface area contributed by atoms with Gasteiger partial charge in [0.05, 0.1) is 4.90 Å². The van der Waals surface area contributed by atoms with Gasteiger partial charge < -0.3 is 5.32 Å². The second kappa shape index (κ2) is 10.7. The minimum absolute atomic E-state index is 0.271. The summed E-state index contributed by atoms with van der Waals surface area (Å²) in [6, 6.07) is 25.2. The third-order valence-corrected chi connectivity index (χ3v) is 6.72. The molecule has 1 amide bonds. The van der Waals surface area contributed by atoms with E-state index in [9.17, 15) is 4.79 Å². The molecule has 3 aromatic carbocycles. The van der Waals surface area contributed by atoms with Gasteiger partial charge in [-0.2, -0.15) is 0 Å². The van der Waals surface area contributed by atoms with E-state index in [1.54, 1.807) is 6.20 Å². The lowest BCUT2D eigenvalue weighted by molar-refractivity contribution is 0.101. The molecule has 1 heterocycles. The van der Waals surface area contributed by atoms with Gasteiger partial charge in [-0.05, 0) is 48.9 Å². The molecule has 0 radical (unpaired) electrons. The van der Waals surface area contributed by atoms with Crippen molar-refractivity contribution in [1.82, 2.24) is 9.97 Å². The molecule has 0 aliphatic carbocycles. The second-order valence-corrected chi connectivity index (χ2v) is 9.51. The summed E-state index contributed by atoms with van der Waals surface area (Å²) < 4.78 is 0. The van der Waals surface area contributed by atoms with E-state index < -0.39 is 0 Å². The first-order chi connectivity index (χ1) is 15.6. The van der Waals surface area contributed by atoms with Gasteiger partial charge in [-0.25, -0.2) is 9.97 Å². The van der Waals surface area contributed by atoms with E-state index in [0.29, 0.717) is 26.5 Å². The van der Waals surface area contributed by atoms with Crippen LogP contribution in [0.1, 0.15) is 21.6 Å². The van der Waals surface area contributed by atoms with Gasteiger partial charge in [0, 0.05) is 27.6 Å². The van der Waals surface area contributed by atoms with Gasteiger partial charge in [-0.1, -0.05) is 83.2 Å². The average Bonchev–Trinajstić information content (AvgIpc) is 2.81. The topological polar surface area (TPSA) is 54.9 Å². The molecule has 1 aromatic heterocycles. The van der Waals surface area contributed by atoms with Crippen LogP contribution in [0.4, 0.5) is 5.69 Å². The number of aryl methyl sites for hydroxylation is 1. The van der Waals surface area contributed by atoms with E-state index in [2.05, 4.69) is 46.5 Å². The van der Waals surface area contributed by atoms with Gasteiger partial charge in [0.1, 0.15) is 5.69 Å². The maximum Gasteiger partial charge on any atom is 0.275 e. The summed E-state index contributed by atoms with van der Waals surface area (Å²) in [6.07, 6.45) is 1.71. The Hall–Kier alpha value is -2.80. The first-order valence-corrected chi connectivity index (χ1v) is 12.1. The number of anilines is 1. The molecule has 0 bridgehead atoms. The zero-order valence-corrected chi connectivity index (χ0v) is 19.7. The lowest BCUT2D eigenvalue weighted by Crippen LogP contribution is -2.15. The number of hydrogen-bond donors (Lipinski definition) is 1. The maximum absolute atomic E-state index is 13.1. The molecule has 7 heteroatoms. The van der Waals surface area contributed by atoms with Crippen molar-refractivity contribution >= 4 is 46.7 Å². The number of rotatable bonds is 7. The fourth-order valence-electron chi connectivity index (χ4n) is 2.84. The van der Waals surface area contributed by atoms with Crippen LogP contribution < -0.4 is 5.32 Å². The van der Waals surface area contributed by atoms with Crippen molar-refractivity contribution in [2.45, 2.75) is 27.6 Å². The molecule has 1 N–H and O–H groups in total. The normalized spacial score (nSPS) is 10.7. The van der Waals surface area contributed by atoms with Gasteiger partial charge in [-0.3, -0.25) is 4.79 Å². The summed E-state index contributed by atoms with van der Waals surface area (Å²) in [5.41, 5.74) is 3.46. The molecule has 160 valence electrons. The van der Waals surface area contributed by atoms with Gasteiger partial charge in [0.15, 0.2) is 5.16 Å². The van der Waals surface area contributed by atoms with E-state index in [1.165, 1.54) is 34.7 Å². The standard InChI is InChI=1S/C25H20ClN3OS2/c1-17-7-9-18(10-8-17)16-31-25-27-15-22(32-21-13-11-19(26)12-14-21)23(29-25)24(30)28-20-5-3-2-4-6-20/h2-15H,16H2,1H3,(H,28,30). The highest BCUT2D eigenvalue weighted by Crippen LogP contribution is 2.32. The summed E-state index contributed by atoms with van der Waals surface area (Å²) in [5.74, 6) is 0.455. The number of benzene rings is 3. The van der Waals surface area contributed by atoms with Gasteiger partial charge in [-0.15, -0.1) is 0 Å². The molecule has 4 rings (SSSR count). The van der Waals surface area contributed by atoms with Crippen LogP contribution >= 0.6 is 35.1 Å². The predicted octanol–water partition coefficient (Wildman–Crippen LogP) is 7.13. The second-order valence-electron chi connectivity index (χ2n) is 7.02. The summed E-state index contributed by atoms with van der Waals surface area (Å²) in [4.78, 5) is 23.8. The Morgan fingerprint density at radius 3 is 2.41 bits per heavy atom. The molecule has 0 unspecified atom stereocenters. The van der Waals surface area contributed by atoms with Crippen LogP contribution in [0.5, 0.6) is 0 Å². The molecular formula is C25H20ClN3OS2. The number of carbonyl (C=O) groups excluding carboxylic acids is 1. The smallest absolute Gasteiger partial charge is 0.275 e. The maximum atomic E-state index is 13.1. The van der Waals surface area contributed by atoms with Crippen molar-refractivity contribution in [1.29, 1.82) is 0 Å². The Kier molecular flexibility index (Phi) is 7.47. The number of thioether (sulfide) groups is 1. The molecule has 0 fully saturated rings. The Balaban J connectivity index is 1.58. The minimum Gasteiger partial charge on any atom is -0.321 e.